The molecule has 1 N–H and O–H groups in total. The molecule has 18 heavy (non-hydrogen) atoms. The minimum Gasteiger partial charge on any atom is -0.478 e. The number of aromatic carboxylic acids is 1. The van der Waals surface area contributed by atoms with Gasteiger partial charge in [0, 0.05) is 17.4 Å². The van der Waals surface area contributed by atoms with E-state index in [1.54, 1.807) is 29.5 Å². The Morgan fingerprint density at radius 3 is 3.00 bits per heavy atom. The number of thiazole rings is 1. The van der Waals surface area contributed by atoms with Crippen molar-refractivity contribution in [1.82, 2.24) is 4.98 Å². The zero-order valence-corrected chi connectivity index (χ0v) is 10.6. The first kappa shape index (κ1) is 11.4. The van der Waals surface area contributed by atoms with Crippen molar-refractivity contribution in [2.45, 2.75) is 19.3 Å². The van der Waals surface area contributed by atoms with Crippen molar-refractivity contribution in [3.8, 4) is 11.3 Å². The van der Waals surface area contributed by atoms with Gasteiger partial charge in [0.15, 0.2) is 0 Å². The summed E-state index contributed by atoms with van der Waals surface area (Å²) in [5, 5.41) is 12.1. The van der Waals surface area contributed by atoms with Crippen LogP contribution in [-0.4, -0.2) is 16.1 Å². The second-order valence-electron chi connectivity index (χ2n) is 4.66. The van der Waals surface area contributed by atoms with Gasteiger partial charge in [-0.15, -0.1) is 11.3 Å². The van der Waals surface area contributed by atoms with E-state index in [0.29, 0.717) is 5.56 Å². The van der Waals surface area contributed by atoms with E-state index in [1.165, 1.54) is 12.8 Å². The van der Waals surface area contributed by atoms with Crippen LogP contribution < -0.4 is 0 Å². The lowest BCUT2D eigenvalue weighted by atomic mass is 10.1. The van der Waals surface area contributed by atoms with Crippen LogP contribution in [0.4, 0.5) is 0 Å². The van der Waals surface area contributed by atoms with E-state index in [4.69, 9.17) is 5.11 Å². The fourth-order valence-corrected chi connectivity index (χ4v) is 2.84. The fraction of sp³-hybridized carbons (Fsp3) is 0.286. The highest BCUT2D eigenvalue weighted by molar-refractivity contribution is 7.09. The molecule has 0 spiro atoms. The molecule has 1 fully saturated rings. The molecule has 0 unspecified atom stereocenters. The monoisotopic (exact) mass is 259 g/mol. The van der Waals surface area contributed by atoms with E-state index in [0.717, 1.165) is 28.6 Å². The van der Waals surface area contributed by atoms with Crippen molar-refractivity contribution in [2.24, 2.45) is 5.92 Å². The maximum absolute atomic E-state index is 10.9. The van der Waals surface area contributed by atoms with Crippen LogP contribution in [0.1, 0.15) is 28.2 Å². The summed E-state index contributed by atoms with van der Waals surface area (Å²) in [5.41, 5.74) is 2.08. The molecule has 92 valence electrons. The summed E-state index contributed by atoms with van der Waals surface area (Å²) < 4.78 is 0. The highest BCUT2D eigenvalue weighted by atomic mass is 32.1. The van der Waals surface area contributed by atoms with Crippen LogP contribution in [0.5, 0.6) is 0 Å². The van der Waals surface area contributed by atoms with E-state index in [9.17, 15) is 4.79 Å². The van der Waals surface area contributed by atoms with E-state index >= 15 is 0 Å². The van der Waals surface area contributed by atoms with Gasteiger partial charge in [0.2, 0.25) is 0 Å². The number of nitrogens with zero attached hydrogens (tertiary/aromatic N) is 1. The SMILES string of the molecule is O=C(O)c1cccc(-c2csc(CC3CC3)n2)c1. The van der Waals surface area contributed by atoms with Crippen LogP contribution in [0.3, 0.4) is 0 Å². The normalized spacial score (nSPS) is 14.7. The molecule has 1 aliphatic carbocycles. The number of hydrogen-bond acceptors (Lipinski definition) is 3. The Hall–Kier alpha value is -1.68. The quantitative estimate of drug-likeness (QED) is 0.914. The van der Waals surface area contributed by atoms with Crippen molar-refractivity contribution < 1.29 is 9.90 Å². The van der Waals surface area contributed by atoms with Gasteiger partial charge < -0.3 is 5.11 Å². The molecule has 1 aromatic carbocycles. The highest BCUT2D eigenvalue weighted by Crippen LogP contribution is 2.34. The molecule has 1 saturated carbocycles. The Balaban J connectivity index is 1.86. The molecular weight excluding hydrogens is 246 g/mol. The lowest BCUT2D eigenvalue weighted by molar-refractivity contribution is 0.0697. The zero-order chi connectivity index (χ0) is 12.5. The predicted octanol–water partition coefficient (Wildman–Crippen LogP) is 3.46. The summed E-state index contributed by atoms with van der Waals surface area (Å²) in [6.07, 6.45) is 3.72. The maximum atomic E-state index is 10.9. The third-order valence-corrected chi connectivity index (χ3v) is 3.99. The van der Waals surface area contributed by atoms with Crippen LogP contribution in [0.2, 0.25) is 0 Å². The van der Waals surface area contributed by atoms with Crippen molar-refractivity contribution in [3.05, 3.63) is 40.2 Å². The van der Waals surface area contributed by atoms with E-state index in [-0.39, 0.29) is 0 Å². The average molecular weight is 259 g/mol. The molecule has 1 aromatic heterocycles. The lowest BCUT2D eigenvalue weighted by Crippen LogP contribution is -1.95. The second-order valence-corrected chi connectivity index (χ2v) is 5.60. The van der Waals surface area contributed by atoms with Gasteiger partial charge >= 0.3 is 5.97 Å². The third-order valence-electron chi connectivity index (χ3n) is 3.12. The smallest absolute Gasteiger partial charge is 0.335 e. The van der Waals surface area contributed by atoms with Crippen molar-refractivity contribution in [1.29, 1.82) is 0 Å². The van der Waals surface area contributed by atoms with Gasteiger partial charge in [-0.1, -0.05) is 12.1 Å². The molecule has 0 atom stereocenters. The number of carboxylic acids is 1. The van der Waals surface area contributed by atoms with Gasteiger partial charge in [-0.3, -0.25) is 0 Å². The molecule has 1 heterocycles. The van der Waals surface area contributed by atoms with Crippen LogP contribution in [0.15, 0.2) is 29.6 Å². The highest BCUT2D eigenvalue weighted by Gasteiger charge is 2.23. The van der Waals surface area contributed by atoms with Gasteiger partial charge in [-0.05, 0) is 30.9 Å². The molecule has 3 rings (SSSR count). The van der Waals surface area contributed by atoms with E-state index < -0.39 is 5.97 Å². The van der Waals surface area contributed by atoms with Crippen molar-refractivity contribution in [2.75, 3.05) is 0 Å². The van der Waals surface area contributed by atoms with Crippen LogP contribution in [0, 0.1) is 5.92 Å². The van der Waals surface area contributed by atoms with Crippen LogP contribution >= 0.6 is 11.3 Å². The van der Waals surface area contributed by atoms with Gasteiger partial charge in [-0.2, -0.15) is 0 Å². The summed E-state index contributed by atoms with van der Waals surface area (Å²) in [6.45, 7) is 0. The molecule has 3 nitrogen and oxygen atoms in total. The fourth-order valence-electron chi connectivity index (χ4n) is 1.92. The standard InChI is InChI=1S/C14H13NO2S/c16-14(17)11-3-1-2-10(7-11)12-8-18-13(15-12)6-9-4-5-9/h1-3,7-9H,4-6H2,(H,16,17). The molecular formula is C14H13NO2S. The van der Waals surface area contributed by atoms with Gasteiger partial charge in [0.1, 0.15) is 0 Å². The molecule has 2 aromatic rings. The van der Waals surface area contributed by atoms with Crippen molar-refractivity contribution in [3.63, 3.8) is 0 Å². The maximum Gasteiger partial charge on any atom is 0.335 e. The summed E-state index contributed by atoms with van der Waals surface area (Å²) >= 11 is 1.67. The lowest BCUT2D eigenvalue weighted by Gasteiger charge is -1.98. The number of rotatable bonds is 4. The first-order valence-corrected chi connectivity index (χ1v) is 6.88. The number of aromatic nitrogens is 1. The molecule has 0 amide bonds. The second kappa shape index (κ2) is 4.53. The van der Waals surface area contributed by atoms with Gasteiger partial charge in [-0.25, -0.2) is 9.78 Å². The molecule has 0 bridgehead atoms. The van der Waals surface area contributed by atoms with Gasteiger partial charge in [0.25, 0.3) is 0 Å². The van der Waals surface area contributed by atoms with Crippen LogP contribution in [0.25, 0.3) is 11.3 Å². The number of benzene rings is 1. The molecule has 4 heteroatoms. The Labute approximate surface area is 109 Å². The van der Waals surface area contributed by atoms with E-state index in [1.807, 2.05) is 11.4 Å². The predicted molar refractivity (Wildman–Crippen MR) is 70.9 cm³/mol. The van der Waals surface area contributed by atoms with Crippen molar-refractivity contribution >= 4 is 17.3 Å². The summed E-state index contributed by atoms with van der Waals surface area (Å²) in [4.78, 5) is 15.5. The molecule has 0 aliphatic heterocycles. The largest absolute Gasteiger partial charge is 0.478 e. The Kier molecular flexibility index (Phi) is 2.88. The Morgan fingerprint density at radius 2 is 2.28 bits per heavy atom. The minimum absolute atomic E-state index is 0.309. The topological polar surface area (TPSA) is 50.2 Å². The summed E-state index contributed by atoms with van der Waals surface area (Å²) in [7, 11) is 0. The number of hydrogen-bond donors (Lipinski definition) is 1. The molecule has 0 saturated heterocycles. The summed E-state index contributed by atoms with van der Waals surface area (Å²) in [5.74, 6) is -0.0698. The Bertz CT molecular complexity index is 587. The number of carbonyl (C=O) groups is 1. The number of carboxylic acid groups (broad SMARTS) is 1. The zero-order valence-electron chi connectivity index (χ0n) is 9.80. The first-order valence-electron chi connectivity index (χ1n) is 6.00. The first-order chi connectivity index (χ1) is 8.72. The minimum atomic E-state index is -0.898. The Morgan fingerprint density at radius 1 is 1.44 bits per heavy atom. The van der Waals surface area contributed by atoms with Crippen LogP contribution in [-0.2, 0) is 6.42 Å². The van der Waals surface area contributed by atoms with Gasteiger partial charge in [0.05, 0.1) is 16.3 Å². The third kappa shape index (κ3) is 2.43. The molecule has 0 radical (unpaired) electrons. The average Bonchev–Trinajstić information content (AvgIpc) is 3.05. The van der Waals surface area contributed by atoms with E-state index in [2.05, 4.69) is 4.98 Å². The summed E-state index contributed by atoms with van der Waals surface area (Å²) in [6, 6.07) is 6.95. The molecule has 1 aliphatic rings.